The number of amides is 2. The van der Waals surface area contributed by atoms with Crippen molar-refractivity contribution in [3.63, 3.8) is 0 Å². The van der Waals surface area contributed by atoms with E-state index in [0.29, 0.717) is 14.2 Å². The second kappa shape index (κ2) is 6.74. The Morgan fingerprint density at radius 3 is 2.30 bits per heavy atom. The molecule has 104 valence electrons. The van der Waals surface area contributed by atoms with Crippen molar-refractivity contribution in [2.75, 3.05) is 0 Å². The molecule has 0 spiro atoms. The van der Waals surface area contributed by atoms with E-state index in [1.165, 1.54) is 0 Å². The quantitative estimate of drug-likeness (QED) is 0.851. The van der Waals surface area contributed by atoms with E-state index in [0.717, 1.165) is 16.9 Å². The first-order valence-corrected chi connectivity index (χ1v) is 7.21. The van der Waals surface area contributed by atoms with E-state index in [-0.39, 0.29) is 12.3 Å². The first-order valence-electron chi connectivity index (χ1n) is 5.63. The molecule has 0 saturated heterocycles. The summed E-state index contributed by atoms with van der Waals surface area (Å²) in [5.74, 6) is -0.713. The molecule has 0 aliphatic rings. The molecule has 1 aromatic heterocycles. The monoisotopic (exact) mass is 328 g/mol. The lowest BCUT2D eigenvalue weighted by Gasteiger charge is -2.06. The third kappa shape index (κ3) is 4.23. The van der Waals surface area contributed by atoms with Gasteiger partial charge in [-0.1, -0.05) is 35.3 Å². The Labute approximate surface area is 129 Å². The summed E-state index contributed by atoms with van der Waals surface area (Å²) in [5.41, 5.74) is 5.48. The molecular formula is C13H10Cl2N2O2S. The third-order valence-corrected chi connectivity index (χ3v) is 3.87. The zero-order valence-corrected chi connectivity index (χ0v) is 12.5. The van der Waals surface area contributed by atoms with Crippen LogP contribution in [0.25, 0.3) is 0 Å². The van der Waals surface area contributed by atoms with Crippen LogP contribution in [0.2, 0.25) is 9.36 Å². The highest BCUT2D eigenvalue weighted by Crippen LogP contribution is 2.20. The maximum Gasteiger partial charge on any atom is 0.279 e. The summed E-state index contributed by atoms with van der Waals surface area (Å²) in [7, 11) is 0. The zero-order valence-electron chi connectivity index (χ0n) is 10.2. The number of nitrogens with one attached hydrogen (secondary N) is 2. The second-order valence-corrected chi connectivity index (χ2v) is 6.06. The van der Waals surface area contributed by atoms with Gasteiger partial charge in [0.25, 0.3) is 5.91 Å². The topological polar surface area (TPSA) is 58.2 Å². The Balaban J connectivity index is 1.83. The Bertz CT molecular complexity index is 626. The highest BCUT2D eigenvalue weighted by Gasteiger charge is 2.10. The van der Waals surface area contributed by atoms with Gasteiger partial charge in [-0.3, -0.25) is 20.4 Å². The van der Waals surface area contributed by atoms with Gasteiger partial charge >= 0.3 is 0 Å². The van der Waals surface area contributed by atoms with Crippen LogP contribution < -0.4 is 10.9 Å². The number of hydrogen-bond acceptors (Lipinski definition) is 3. The highest BCUT2D eigenvalue weighted by molar-refractivity contribution is 7.17. The minimum atomic E-state index is -0.397. The molecule has 20 heavy (non-hydrogen) atoms. The van der Waals surface area contributed by atoms with Crippen molar-refractivity contribution >= 4 is 46.4 Å². The van der Waals surface area contributed by atoms with Crippen molar-refractivity contribution in [2.24, 2.45) is 0 Å². The minimum absolute atomic E-state index is 0.155. The van der Waals surface area contributed by atoms with Crippen LogP contribution in [-0.2, 0) is 11.2 Å². The lowest BCUT2D eigenvalue weighted by molar-refractivity contribution is -0.121. The molecule has 0 saturated carbocycles. The molecule has 0 atom stereocenters. The first kappa shape index (κ1) is 14.8. The summed E-state index contributed by atoms with van der Waals surface area (Å²) >= 11 is 12.6. The van der Waals surface area contributed by atoms with Crippen LogP contribution in [0.5, 0.6) is 0 Å². The maximum atomic E-state index is 11.7. The van der Waals surface area contributed by atoms with E-state index < -0.39 is 5.91 Å². The molecule has 7 heteroatoms. The summed E-state index contributed by atoms with van der Waals surface area (Å²) < 4.78 is 0.516. The molecule has 1 aromatic carbocycles. The van der Waals surface area contributed by atoms with Crippen molar-refractivity contribution in [3.8, 4) is 0 Å². The Hall–Kier alpha value is -1.56. The van der Waals surface area contributed by atoms with Gasteiger partial charge in [-0.15, -0.1) is 11.3 Å². The average molecular weight is 329 g/mol. The van der Waals surface area contributed by atoms with Gasteiger partial charge in [0.1, 0.15) is 0 Å². The number of carbonyl (C=O) groups is 2. The molecule has 0 aliphatic heterocycles. The van der Waals surface area contributed by atoms with E-state index in [4.69, 9.17) is 23.2 Å². The summed E-state index contributed by atoms with van der Waals surface area (Å²) in [6, 6.07) is 10.1. The maximum absolute atomic E-state index is 11.7. The predicted octanol–water partition coefficient (Wildman–Crippen LogP) is 3.06. The first-order chi connectivity index (χ1) is 9.54. The summed E-state index contributed by atoms with van der Waals surface area (Å²) in [5, 5.41) is 0.608. The van der Waals surface area contributed by atoms with Crippen LogP contribution in [-0.4, -0.2) is 11.8 Å². The SMILES string of the molecule is O=C(Cc1ccc(Cl)cc1)NNC(=O)c1ccc(Cl)s1. The summed E-state index contributed by atoms with van der Waals surface area (Å²) in [6.45, 7) is 0. The van der Waals surface area contributed by atoms with E-state index in [1.54, 1.807) is 36.4 Å². The van der Waals surface area contributed by atoms with Gasteiger partial charge in [0.2, 0.25) is 5.91 Å². The average Bonchev–Trinajstić information content (AvgIpc) is 2.85. The number of rotatable bonds is 3. The van der Waals surface area contributed by atoms with Crippen molar-refractivity contribution < 1.29 is 9.59 Å². The summed E-state index contributed by atoms with van der Waals surface area (Å²) in [6.07, 6.45) is 0.155. The zero-order chi connectivity index (χ0) is 14.5. The minimum Gasteiger partial charge on any atom is -0.273 e. The fourth-order valence-corrected chi connectivity index (χ4v) is 2.52. The van der Waals surface area contributed by atoms with Crippen LogP contribution in [0.3, 0.4) is 0 Å². The molecule has 1 heterocycles. The van der Waals surface area contributed by atoms with Crippen molar-refractivity contribution in [1.29, 1.82) is 0 Å². The van der Waals surface area contributed by atoms with E-state index in [9.17, 15) is 9.59 Å². The Morgan fingerprint density at radius 2 is 1.70 bits per heavy atom. The normalized spacial score (nSPS) is 10.1. The van der Waals surface area contributed by atoms with Crippen LogP contribution >= 0.6 is 34.5 Å². The van der Waals surface area contributed by atoms with Gasteiger partial charge in [-0.2, -0.15) is 0 Å². The predicted molar refractivity (Wildman–Crippen MR) is 80.1 cm³/mol. The lowest BCUT2D eigenvalue weighted by atomic mass is 10.1. The van der Waals surface area contributed by atoms with Gasteiger partial charge in [-0.25, -0.2) is 0 Å². The van der Waals surface area contributed by atoms with Crippen molar-refractivity contribution in [2.45, 2.75) is 6.42 Å². The number of hydrogen-bond donors (Lipinski definition) is 2. The molecule has 4 nitrogen and oxygen atoms in total. The number of hydrazine groups is 1. The van der Waals surface area contributed by atoms with Crippen LogP contribution in [0, 0.1) is 0 Å². The second-order valence-electron chi connectivity index (χ2n) is 3.91. The number of benzene rings is 1. The lowest BCUT2D eigenvalue weighted by Crippen LogP contribution is -2.42. The van der Waals surface area contributed by atoms with E-state index in [2.05, 4.69) is 10.9 Å². The van der Waals surface area contributed by atoms with Gasteiger partial charge in [0.15, 0.2) is 0 Å². The smallest absolute Gasteiger partial charge is 0.273 e. The molecule has 0 radical (unpaired) electrons. The molecule has 2 amide bonds. The third-order valence-electron chi connectivity index (χ3n) is 2.39. The van der Waals surface area contributed by atoms with Gasteiger partial charge in [0, 0.05) is 5.02 Å². The van der Waals surface area contributed by atoms with Crippen LogP contribution in [0.1, 0.15) is 15.2 Å². The standard InChI is InChI=1S/C13H10Cl2N2O2S/c14-9-3-1-8(2-4-9)7-12(18)16-17-13(19)10-5-6-11(15)20-10/h1-6H,7H2,(H,16,18)(H,17,19). The fraction of sp³-hybridized carbons (Fsp3) is 0.0769. The number of carbonyl (C=O) groups excluding carboxylic acids is 2. The Morgan fingerprint density at radius 1 is 1.00 bits per heavy atom. The van der Waals surface area contributed by atoms with E-state index in [1.807, 2.05) is 0 Å². The molecular weight excluding hydrogens is 319 g/mol. The van der Waals surface area contributed by atoms with E-state index >= 15 is 0 Å². The molecule has 0 bridgehead atoms. The highest BCUT2D eigenvalue weighted by atomic mass is 35.5. The molecule has 0 unspecified atom stereocenters. The molecule has 0 aliphatic carbocycles. The largest absolute Gasteiger partial charge is 0.279 e. The van der Waals surface area contributed by atoms with Crippen molar-refractivity contribution in [1.82, 2.24) is 10.9 Å². The summed E-state index contributed by atoms with van der Waals surface area (Å²) in [4.78, 5) is 23.8. The van der Waals surface area contributed by atoms with Crippen LogP contribution in [0.4, 0.5) is 0 Å². The molecule has 2 aromatic rings. The molecule has 2 rings (SSSR count). The van der Waals surface area contributed by atoms with Gasteiger partial charge in [-0.05, 0) is 29.8 Å². The fourth-order valence-electron chi connectivity index (χ4n) is 1.46. The van der Waals surface area contributed by atoms with Crippen molar-refractivity contribution in [3.05, 3.63) is 56.2 Å². The van der Waals surface area contributed by atoms with Gasteiger partial charge in [0.05, 0.1) is 15.6 Å². The number of halogens is 2. The number of thiophene rings is 1. The molecule has 0 fully saturated rings. The van der Waals surface area contributed by atoms with Crippen LogP contribution in [0.15, 0.2) is 36.4 Å². The van der Waals surface area contributed by atoms with Gasteiger partial charge < -0.3 is 0 Å². The Kier molecular flexibility index (Phi) is 5.00. The molecule has 2 N–H and O–H groups in total.